The molecule has 0 radical (unpaired) electrons. The van der Waals surface area contributed by atoms with Crippen molar-refractivity contribution in [1.82, 2.24) is 5.43 Å². The molecule has 3 aromatic rings. The molecule has 1 amide bonds. The van der Waals surface area contributed by atoms with Crippen LogP contribution < -0.4 is 9.73 Å². The zero-order valence-corrected chi connectivity index (χ0v) is 18.3. The summed E-state index contributed by atoms with van der Waals surface area (Å²) in [4.78, 5) is 12.8. The Morgan fingerprint density at radius 1 is 0.903 bits per heavy atom. The van der Waals surface area contributed by atoms with E-state index >= 15 is 0 Å². The highest BCUT2D eigenvalue weighted by Gasteiger charge is 2.27. The Morgan fingerprint density at radius 2 is 1.48 bits per heavy atom. The van der Waals surface area contributed by atoms with E-state index in [1.165, 1.54) is 12.1 Å². The van der Waals surface area contributed by atoms with Crippen molar-refractivity contribution in [2.75, 3.05) is 10.8 Å². The van der Waals surface area contributed by atoms with Crippen LogP contribution in [0.3, 0.4) is 0 Å². The van der Waals surface area contributed by atoms with E-state index in [9.17, 15) is 13.2 Å². The maximum Gasteiger partial charge on any atom is 0.264 e. The number of hydrazone groups is 1. The van der Waals surface area contributed by atoms with Gasteiger partial charge in [-0.25, -0.2) is 13.8 Å². The van der Waals surface area contributed by atoms with E-state index in [-0.39, 0.29) is 4.90 Å². The van der Waals surface area contributed by atoms with Crippen molar-refractivity contribution < 1.29 is 13.2 Å². The van der Waals surface area contributed by atoms with E-state index < -0.39 is 22.5 Å². The average molecular weight is 436 g/mol. The number of nitrogens with one attached hydrogen (secondary N) is 1. The largest absolute Gasteiger partial charge is 0.271 e. The fourth-order valence-electron chi connectivity index (χ4n) is 2.99. The van der Waals surface area contributed by atoms with Gasteiger partial charge in [0.1, 0.15) is 6.54 Å². The molecule has 0 aliphatic carbocycles. The second kappa shape index (κ2) is 10.0. The molecule has 3 rings (SSSR count). The highest BCUT2D eigenvalue weighted by molar-refractivity contribution is 7.92. The smallest absolute Gasteiger partial charge is 0.264 e. The number of rotatable bonds is 8. The molecule has 160 valence electrons. The third-order valence-electron chi connectivity index (χ3n) is 4.79. The van der Waals surface area contributed by atoms with E-state index in [2.05, 4.69) is 10.5 Å². The Kier molecular flexibility index (Phi) is 7.20. The van der Waals surface area contributed by atoms with Crippen LogP contribution in [0, 0.1) is 0 Å². The molecule has 0 fully saturated rings. The van der Waals surface area contributed by atoms with Crippen LogP contribution >= 0.6 is 0 Å². The molecule has 0 atom stereocenters. The molecule has 0 unspecified atom stereocenters. The fraction of sp³-hybridized carbons (Fsp3) is 0.167. The molecule has 0 aromatic heterocycles. The lowest BCUT2D eigenvalue weighted by Gasteiger charge is -2.24. The number of aryl methyl sites for hydroxylation is 1. The van der Waals surface area contributed by atoms with Crippen molar-refractivity contribution in [1.29, 1.82) is 0 Å². The molecular weight excluding hydrogens is 410 g/mol. The average Bonchev–Trinajstić information content (AvgIpc) is 2.82. The Hall–Kier alpha value is -3.45. The maximum atomic E-state index is 13.3. The number of amides is 1. The number of carbonyl (C=O) groups is 1. The van der Waals surface area contributed by atoms with Crippen LogP contribution in [0.25, 0.3) is 0 Å². The summed E-state index contributed by atoms with van der Waals surface area (Å²) in [6, 6.07) is 24.6. The molecule has 0 aliphatic rings. The van der Waals surface area contributed by atoms with Gasteiger partial charge in [0.05, 0.1) is 16.3 Å². The van der Waals surface area contributed by atoms with Crippen LogP contribution in [0.4, 0.5) is 5.69 Å². The molecule has 3 aromatic carbocycles. The minimum atomic E-state index is -3.94. The normalized spacial score (nSPS) is 11.7. The summed E-state index contributed by atoms with van der Waals surface area (Å²) in [5, 5.41) is 4.12. The zero-order chi connectivity index (χ0) is 22.3. The molecule has 1 N–H and O–H groups in total. The van der Waals surface area contributed by atoms with Gasteiger partial charge in [-0.05, 0) is 48.7 Å². The van der Waals surface area contributed by atoms with E-state index in [0.717, 1.165) is 21.9 Å². The Bertz CT molecular complexity index is 1140. The first kappa shape index (κ1) is 22.2. The van der Waals surface area contributed by atoms with E-state index in [1.54, 1.807) is 37.3 Å². The van der Waals surface area contributed by atoms with E-state index in [4.69, 9.17) is 0 Å². The highest BCUT2D eigenvalue weighted by Crippen LogP contribution is 2.24. The quantitative estimate of drug-likeness (QED) is 0.429. The van der Waals surface area contributed by atoms with Gasteiger partial charge in [0, 0.05) is 0 Å². The van der Waals surface area contributed by atoms with Crippen LogP contribution in [0.5, 0.6) is 0 Å². The van der Waals surface area contributed by atoms with Crippen molar-refractivity contribution in [2.45, 2.75) is 25.2 Å². The number of nitrogens with zero attached hydrogens (tertiary/aromatic N) is 2. The summed E-state index contributed by atoms with van der Waals surface area (Å²) < 4.78 is 27.7. The monoisotopic (exact) mass is 435 g/mol. The van der Waals surface area contributed by atoms with Crippen LogP contribution in [0.1, 0.15) is 25.0 Å². The van der Waals surface area contributed by atoms with Gasteiger partial charge in [0.25, 0.3) is 15.9 Å². The molecule has 0 saturated carbocycles. The zero-order valence-electron chi connectivity index (χ0n) is 17.5. The summed E-state index contributed by atoms with van der Waals surface area (Å²) in [5.74, 6) is -0.533. The van der Waals surface area contributed by atoms with Crippen molar-refractivity contribution in [3.8, 4) is 0 Å². The molecule has 7 heteroatoms. The Morgan fingerprint density at radius 3 is 2.06 bits per heavy atom. The number of anilines is 1. The van der Waals surface area contributed by atoms with Gasteiger partial charge in [-0.15, -0.1) is 0 Å². The Labute approximate surface area is 183 Å². The first-order chi connectivity index (χ1) is 14.9. The standard InChI is InChI=1S/C24H25N3O3S/c1-3-20-14-16-22(17-15-20)27(31(29,30)23-12-8-5-9-13-23)18-24(28)26-25-19(2)21-10-6-4-7-11-21/h4-17H,3,18H2,1-2H3,(H,26,28)/b25-19-. The van der Waals surface area contributed by atoms with Crippen molar-refractivity contribution >= 4 is 27.3 Å². The molecule has 0 saturated heterocycles. The molecule has 0 heterocycles. The lowest BCUT2D eigenvalue weighted by atomic mass is 10.1. The minimum absolute atomic E-state index is 0.117. The second-order valence-electron chi connectivity index (χ2n) is 6.94. The minimum Gasteiger partial charge on any atom is -0.271 e. The predicted molar refractivity (Wildman–Crippen MR) is 124 cm³/mol. The van der Waals surface area contributed by atoms with Crippen molar-refractivity contribution in [2.24, 2.45) is 5.10 Å². The lowest BCUT2D eigenvalue weighted by Crippen LogP contribution is -2.39. The lowest BCUT2D eigenvalue weighted by molar-refractivity contribution is -0.119. The first-order valence-electron chi connectivity index (χ1n) is 9.97. The summed E-state index contributed by atoms with van der Waals surface area (Å²) in [6.45, 7) is 3.40. The number of hydrogen-bond acceptors (Lipinski definition) is 4. The summed E-state index contributed by atoms with van der Waals surface area (Å²) in [6.07, 6.45) is 0.833. The van der Waals surface area contributed by atoms with Gasteiger partial charge in [0.15, 0.2) is 0 Å². The van der Waals surface area contributed by atoms with Crippen LogP contribution in [0.2, 0.25) is 0 Å². The maximum absolute atomic E-state index is 13.3. The molecule has 0 bridgehead atoms. The summed E-state index contributed by atoms with van der Waals surface area (Å²) >= 11 is 0. The topological polar surface area (TPSA) is 78.8 Å². The first-order valence-corrected chi connectivity index (χ1v) is 11.4. The summed E-state index contributed by atoms with van der Waals surface area (Å²) in [5.41, 5.74) is 5.46. The third-order valence-corrected chi connectivity index (χ3v) is 6.58. The van der Waals surface area contributed by atoms with E-state index in [0.29, 0.717) is 11.4 Å². The van der Waals surface area contributed by atoms with Crippen LogP contribution in [0.15, 0.2) is 94.9 Å². The van der Waals surface area contributed by atoms with Gasteiger partial charge in [-0.3, -0.25) is 9.10 Å². The Balaban J connectivity index is 1.86. The van der Waals surface area contributed by atoms with Gasteiger partial charge in [0.2, 0.25) is 0 Å². The van der Waals surface area contributed by atoms with Gasteiger partial charge < -0.3 is 0 Å². The molecule has 31 heavy (non-hydrogen) atoms. The molecule has 0 aliphatic heterocycles. The second-order valence-corrected chi connectivity index (χ2v) is 8.81. The number of carbonyl (C=O) groups excluding carboxylic acids is 1. The van der Waals surface area contributed by atoms with E-state index in [1.807, 2.05) is 49.4 Å². The van der Waals surface area contributed by atoms with Gasteiger partial charge in [-0.1, -0.05) is 67.6 Å². The number of sulfonamides is 1. The van der Waals surface area contributed by atoms with Crippen LogP contribution in [-0.2, 0) is 21.2 Å². The molecular formula is C24H25N3O3S. The van der Waals surface area contributed by atoms with Crippen LogP contribution in [-0.4, -0.2) is 26.6 Å². The SMILES string of the molecule is CCc1ccc(N(CC(=O)N/N=C(/C)c2ccccc2)S(=O)(=O)c2ccccc2)cc1. The molecule has 0 spiro atoms. The number of hydrogen-bond donors (Lipinski definition) is 1. The van der Waals surface area contributed by atoms with Crippen molar-refractivity contribution in [3.63, 3.8) is 0 Å². The predicted octanol–water partition coefficient (Wildman–Crippen LogP) is 3.98. The van der Waals surface area contributed by atoms with Gasteiger partial charge >= 0.3 is 0 Å². The van der Waals surface area contributed by atoms with Crippen molar-refractivity contribution in [3.05, 3.63) is 96.1 Å². The summed E-state index contributed by atoms with van der Waals surface area (Å²) in [7, 11) is -3.94. The number of benzene rings is 3. The van der Waals surface area contributed by atoms with Gasteiger partial charge in [-0.2, -0.15) is 5.10 Å². The molecule has 6 nitrogen and oxygen atoms in total. The highest BCUT2D eigenvalue weighted by atomic mass is 32.2. The third kappa shape index (κ3) is 5.58. The fourth-order valence-corrected chi connectivity index (χ4v) is 4.43.